The number of rotatable bonds is 6. The SMILES string of the molecule is CN=C(NCCN1C(=O)CNC1=O)N1CCC(CSc2ccccc2)C1. The van der Waals surface area contributed by atoms with E-state index in [1.54, 1.807) is 7.05 Å². The molecule has 0 spiro atoms. The highest BCUT2D eigenvalue weighted by Gasteiger charge is 2.28. The van der Waals surface area contributed by atoms with Gasteiger partial charge in [-0.3, -0.25) is 14.7 Å². The summed E-state index contributed by atoms with van der Waals surface area (Å²) in [4.78, 5) is 32.3. The van der Waals surface area contributed by atoms with Crippen molar-refractivity contribution in [3.05, 3.63) is 30.3 Å². The van der Waals surface area contributed by atoms with E-state index in [4.69, 9.17) is 0 Å². The Bertz CT molecular complexity index is 651. The van der Waals surface area contributed by atoms with Crippen molar-refractivity contribution in [2.24, 2.45) is 10.9 Å². The topological polar surface area (TPSA) is 77.0 Å². The number of imide groups is 1. The molecule has 140 valence electrons. The summed E-state index contributed by atoms with van der Waals surface area (Å²) < 4.78 is 0. The molecule has 3 amide bonds. The van der Waals surface area contributed by atoms with Crippen LogP contribution in [0, 0.1) is 5.92 Å². The van der Waals surface area contributed by atoms with Crippen LogP contribution in [0.15, 0.2) is 40.2 Å². The zero-order valence-electron chi connectivity index (χ0n) is 15.0. The highest BCUT2D eigenvalue weighted by atomic mass is 32.2. The number of guanidine groups is 1. The third-order valence-corrected chi connectivity index (χ3v) is 5.83. The number of amides is 3. The zero-order chi connectivity index (χ0) is 18.4. The maximum Gasteiger partial charge on any atom is 0.324 e. The van der Waals surface area contributed by atoms with Gasteiger partial charge in [-0.25, -0.2) is 4.79 Å². The van der Waals surface area contributed by atoms with E-state index in [-0.39, 0.29) is 18.5 Å². The van der Waals surface area contributed by atoms with E-state index in [0.717, 1.165) is 31.2 Å². The summed E-state index contributed by atoms with van der Waals surface area (Å²) in [5.41, 5.74) is 0. The lowest BCUT2D eigenvalue weighted by Gasteiger charge is -2.22. The van der Waals surface area contributed by atoms with Crippen molar-refractivity contribution in [3.63, 3.8) is 0 Å². The number of benzene rings is 1. The largest absolute Gasteiger partial charge is 0.354 e. The van der Waals surface area contributed by atoms with Crippen molar-refractivity contribution in [2.45, 2.75) is 11.3 Å². The molecule has 0 aliphatic carbocycles. The first-order valence-electron chi connectivity index (χ1n) is 8.89. The molecule has 8 heteroatoms. The number of likely N-dealkylation sites (tertiary alicyclic amines) is 1. The minimum Gasteiger partial charge on any atom is -0.354 e. The molecule has 0 aromatic heterocycles. The van der Waals surface area contributed by atoms with Gasteiger partial charge < -0.3 is 15.5 Å². The molecule has 1 atom stereocenters. The number of aliphatic imine (C=N–C) groups is 1. The fourth-order valence-corrected chi connectivity index (χ4v) is 4.24. The molecule has 26 heavy (non-hydrogen) atoms. The zero-order valence-corrected chi connectivity index (χ0v) is 15.8. The number of hydrogen-bond donors (Lipinski definition) is 2. The summed E-state index contributed by atoms with van der Waals surface area (Å²) >= 11 is 1.90. The van der Waals surface area contributed by atoms with Crippen LogP contribution < -0.4 is 10.6 Å². The Balaban J connectivity index is 1.41. The average molecular weight is 375 g/mol. The molecule has 0 bridgehead atoms. The normalized spacial score (nSPS) is 20.7. The maximum atomic E-state index is 11.6. The molecule has 2 saturated heterocycles. The summed E-state index contributed by atoms with van der Waals surface area (Å²) in [6.07, 6.45) is 1.15. The first-order chi connectivity index (χ1) is 12.7. The predicted molar refractivity (Wildman–Crippen MR) is 103 cm³/mol. The maximum absolute atomic E-state index is 11.6. The minimum absolute atomic E-state index is 0.0977. The number of carbonyl (C=O) groups excluding carboxylic acids is 2. The van der Waals surface area contributed by atoms with Crippen LogP contribution in [0.2, 0.25) is 0 Å². The van der Waals surface area contributed by atoms with Gasteiger partial charge in [0.1, 0.15) is 0 Å². The molecule has 2 aliphatic heterocycles. The lowest BCUT2D eigenvalue weighted by atomic mass is 10.2. The van der Waals surface area contributed by atoms with Crippen molar-refractivity contribution >= 4 is 29.7 Å². The highest BCUT2D eigenvalue weighted by molar-refractivity contribution is 7.99. The second-order valence-corrected chi connectivity index (χ2v) is 7.50. The number of hydrogen-bond acceptors (Lipinski definition) is 4. The molecule has 1 unspecified atom stereocenters. The Morgan fingerprint density at radius 1 is 1.35 bits per heavy atom. The second kappa shape index (κ2) is 8.93. The van der Waals surface area contributed by atoms with Crippen LogP contribution in [0.3, 0.4) is 0 Å². The molecule has 1 aromatic rings. The lowest BCUT2D eigenvalue weighted by molar-refractivity contribution is -0.124. The van der Waals surface area contributed by atoms with E-state index in [9.17, 15) is 9.59 Å². The smallest absolute Gasteiger partial charge is 0.324 e. The number of nitrogens with one attached hydrogen (secondary N) is 2. The molecule has 2 N–H and O–H groups in total. The second-order valence-electron chi connectivity index (χ2n) is 6.40. The lowest BCUT2D eigenvalue weighted by Crippen LogP contribution is -2.44. The van der Waals surface area contributed by atoms with Crippen molar-refractivity contribution in [2.75, 3.05) is 45.5 Å². The van der Waals surface area contributed by atoms with Crippen LogP contribution in [0.5, 0.6) is 0 Å². The van der Waals surface area contributed by atoms with Crippen LogP contribution in [-0.2, 0) is 4.79 Å². The van der Waals surface area contributed by atoms with E-state index in [1.165, 1.54) is 9.80 Å². The Kier molecular flexibility index (Phi) is 6.38. The van der Waals surface area contributed by atoms with E-state index >= 15 is 0 Å². The van der Waals surface area contributed by atoms with Crippen LogP contribution in [-0.4, -0.2) is 73.2 Å². The fraction of sp³-hybridized carbons (Fsp3) is 0.500. The third-order valence-electron chi connectivity index (χ3n) is 4.58. The number of thioether (sulfide) groups is 1. The first-order valence-corrected chi connectivity index (χ1v) is 9.87. The van der Waals surface area contributed by atoms with Crippen LogP contribution in [0.1, 0.15) is 6.42 Å². The van der Waals surface area contributed by atoms with Gasteiger partial charge in [0.25, 0.3) is 0 Å². The number of nitrogens with zero attached hydrogens (tertiary/aromatic N) is 3. The fourth-order valence-electron chi connectivity index (χ4n) is 3.19. The monoisotopic (exact) mass is 375 g/mol. The van der Waals surface area contributed by atoms with Crippen LogP contribution in [0.4, 0.5) is 4.79 Å². The van der Waals surface area contributed by atoms with Crippen molar-refractivity contribution < 1.29 is 9.59 Å². The van der Waals surface area contributed by atoms with Gasteiger partial charge in [-0.15, -0.1) is 11.8 Å². The van der Waals surface area contributed by atoms with E-state index < -0.39 is 0 Å². The number of carbonyl (C=O) groups is 2. The summed E-state index contributed by atoms with van der Waals surface area (Å²) in [5, 5.41) is 5.80. The Labute approximate surface area is 158 Å². The molecule has 3 rings (SSSR count). The summed E-state index contributed by atoms with van der Waals surface area (Å²) in [5.74, 6) is 2.39. The molecule has 2 aliphatic rings. The van der Waals surface area contributed by atoms with Gasteiger partial charge in [0, 0.05) is 43.9 Å². The quantitative estimate of drug-likeness (QED) is 0.338. The molecule has 7 nitrogen and oxygen atoms in total. The summed E-state index contributed by atoms with van der Waals surface area (Å²) in [6.45, 7) is 2.91. The molecule has 2 heterocycles. The van der Waals surface area contributed by atoms with Gasteiger partial charge in [-0.05, 0) is 24.5 Å². The standard InChI is InChI=1S/C18H25N5O2S/c1-19-17(20-8-10-23-16(24)11-21-18(23)25)22-9-7-14(12-22)13-26-15-5-3-2-4-6-15/h2-6,14H,7-13H2,1H3,(H,19,20)(H,21,25). The van der Waals surface area contributed by atoms with Gasteiger partial charge in [0.15, 0.2) is 5.96 Å². The van der Waals surface area contributed by atoms with Gasteiger partial charge in [-0.1, -0.05) is 18.2 Å². The third kappa shape index (κ3) is 4.69. The van der Waals surface area contributed by atoms with Gasteiger partial charge in [-0.2, -0.15) is 0 Å². The van der Waals surface area contributed by atoms with Gasteiger partial charge in [0.2, 0.25) is 5.91 Å². The van der Waals surface area contributed by atoms with Crippen LogP contribution >= 0.6 is 11.8 Å². The predicted octanol–water partition coefficient (Wildman–Crippen LogP) is 1.23. The van der Waals surface area contributed by atoms with E-state index in [2.05, 4.69) is 44.8 Å². The molecular formula is C18H25N5O2S. The van der Waals surface area contributed by atoms with Crippen molar-refractivity contribution in [1.29, 1.82) is 0 Å². The average Bonchev–Trinajstić information content (AvgIpc) is 3.26. The molecule has 2 fully saturated rings. The molecule has 0 saturated carbocycles. The molecular weight excluding hydrogens is 350 g/mol. The Hall–Kier alpha value is -2.22. The van der Waals surface area contributed by atoms with Gasteiger partial charge in [0.05, 0.1) is 6.54 Å². The van der Waals surface area contributed by atoms with Crippen molar-refractivity contribution in [3.8, 4) is 0 Å². The minimum atomic E-state index is -0.314. The van der Waals surface area contributed by atoms with Crippen molar-refractivity contribution in [1.82, 2.24) is 20.4 Å². The van der Waals surface area contributed by atoms with Gasteiger partial charge >= 0.3 is 6.03 Å². The highest BCUT2D eigenvalue weighted by Crippen LogP contribution is 2.25. The Morgan fingerprint density at radius 2 is 2.15 bits per heavy atom. The van der Waals surface area contributed by atoms with E-state index in [1.807, 2.05) is 17.8 Å². The Morgan fingerprint density at radius 3 is 2.85 bits per heavy atom. The summed E-state index contributed by atoms with van der Waals surface area (Å²) in [7, 11) is 1.77. The summed E-state index contributed by atoms with van der Waals surface area (Å²) in [6, 6.07) is 10.2. The number of urea groups is 1. The van der Waals surface area contributed by atoms with E-state index in [0.29, 0.717) is 19.0 Å². The molecule has 0 radical (unpaired) electrons. The first kappa shape index (κ1) is 18.6. The van der Waals surface area contributed by atoms with Crippen LogP contribution in [0.25, 0.3) is 0 Å². The molecule has 1 aromatic carbocycles.